The van der Waals surface area contributed by atoms with Gasteiger partial charge in [-0.15, -0.1) is 0 Å². The van der Waals surface area contributed by atoms with Crippen LogP contribution in [-0.4, -0.2) is 86.7 Å². The average Bonchev–Trinajstić information content (AvgIpc) is 3.14. The van der Waals surface area contributed by atoms with Gasteiger partial charge < -0.3 is 9.64 Å². The Morgan fingerprint density at radius 2 is 1.74 bits per heavy atom. The van der Waals surface area contributed by atoms with E-state index >= 15 is 0 Å². The quantitative estimate of drug-likeness (QED) is 0.461. The molecule has 0 aromatic rings. The molecule has 2 rings (SSSR count). The Labute approximate surface area is 137 Å². The van der Waals surface area contributed by atoms with Crippen LogP contribution in [0, 0.1) is 11.8 Å². The minimum Gasteiger partial charge on any atom is -0.467 e. The number of rotatable bonds is 6. The van der Waals surface area contributed by atoms with Crippen molar-refractivity contribution in [3.8, 4) is 0 Å². The lowest BCUT2D eigenvalue weighted by Crippen LogP contribution is -2.59. The Morgan fingerprint density at radius 3 is 2.13 bits per heavy atom. The lowest BCUT2D eigenvalue weighted by atomic mass is 9.97. The molecule has 2 saturated heterocycles. The molecule has 0 spiro atoms. The van der Waals surface area contributed by atoms with Crippen molar-refractivity contribution in [3.63, 3.8) is 0 Å². The Kier molecular flexibility index (Phi) is 5.03. The van der Waals surface area contributed by atoms with Crippen molar-refractivity contribution < 1.29 is 22.7 Å². The summed E-state index contributed by atoms with van der Waals surface area (Å²) >= 11 is 0. The number of esters is 1. The molecule has 132 valence electrons. The minimum absolute atomic E-state index is 0.0866. The maximum Gasteiger partial charge on any atom is 0.328 e. The first-order valence-electron chi connectivity index (χ1n) is 7.65. The molecule has 0 aromatic carbocycles. The molecule has 2 aliphatic rings. The van der Waals surface area contributed by atoms with E-state index in [2.05, 4.69) is 0 Å². The molecule has 0 aliphatic carbocycles. The highest BCUT2D eigenvalue weighted by atomic mass is 32.2. The summed E-state index contributed by atoms with van der Waals surface area (Å²) in [4.78, 5) is 27.5. The van der Waals surface area contributed by atoms with Crippen LogP contribution in [0.4, 0.5) is 0 Å². The molecule has 0 N–H and O–H groups in total. The predicted octanol–water partition coefficient (Wildman–Crippen LogP) is -0.824. The maximum absolute atomic E-state index is 12.5. The highest BCUT2D eigenvalue weighted by Gasteiger charge is 2.51. The average molecular weight is 347 g/mol. The number of carbonyl (C=O) groups excluding carboxylic acids is 2. The molecule has 2 unspecified atom stereocenters. The van der Waals surface area contributed by atoms with Crippen LogP contribution in [0.15, 0.2) is 0 Å². The van der Waals surface area contributed by atoms with Crippen LogP contribution in [0.1, 0.15) is 13.8 Å². The lowest BCUT2D eigenvalue weighted by Gasteiger charge is -2.40. The Balaban J connectivity index is 1.96. The van der Waals surface area contributed by atoms with Crippen molar-refractivity contribution in [2.24, 2.45) is 11.8 Å². The van der Waals surface area contributed by atoms with Crippen molar-refractivity contribution >= 4 is 21.9 Å². The van der Waals surface area contributed by atoms with Crippen molar-refractivity contribution in [1.29, 1.82) is 0 Å². The first-order valence-corrected chi connectivity index (χ1v) is 9.15. The maximum atomic E-state index is 12.5. The third kappa shape index (κ3) is 3.36. The van der Waals surface area contributed by atoms with Gasteiger partial charge in [0.15, 0.2) is 0 Å². The second-order valence-corrected chi connectivity index (χ2v) is 8.70. The van der Waals surface area contributed by atoms with E-state index in [-0.39, 0.29) is 24.9 Å². The SMILES string of the molecule is COC(=O)C(C(C)C)N(C)C(=O)C1CN(S(=O)(=O)C2C[N@@]2C)C1. The number of hydrogen-bond acceptors (Lipinski definition) is 6. The molecule has 0 bridgehead atoms. The fourth-order valence-corrected chi connectivity index (χ4v) is 4.92. The van der Waals surface area contributed by atoms with Gasteiger partial charge in [-0.2, -0.15) is 4.31 Å². The van der Waals surface area contributed by atoms with Gasteiger partial charge in [-0.05, 0) is 13.0 Å². The summed E-state index contributed by atoms with van der Waals surface area (Å²) in [5, 5.41) is -0.449. The van der Waals surface area contributed by atoms with E-state index in [1.54, 1.807) is 19.0 Å². The van der Waals surface area contributed by atoms with Crippen LogP contribution in [0.25, 0.3) is 0 Å². The summed E-state index contributed by atoms with van der Waals surface area (Å²) in [6.45, 7) is 4.58. The van der Waals surface area contributed by atoms with Gasteiger partial charge in [0.1, 0.15) is 11.4 Å². The molecule has 0 saturated carbocycles. The topological polar surface area (TPSA) is 87.0 Å². The van der Waals surface area contributed by atoms with E-state index in [4.69, 9.17) is 4.74 Å². The van der Waals surface area contributed by atoms with Crippen LogP contribution in [0.5, 0.6) is 0 Å². The highest BCUT2D eigenvalue weighted by molar-refractivity contribution is 7.90. The number of nitrogens with zero attached hydrogens (tertiary/aromatic N) is 3. The summed E-state index contributed by atoms with van der Waals surface area (Å²) in [7, 11) is 1.28. The summed E-state index contributed by atoms with van der Waals surface area (Å²) in [6.07, 6.45) is 0. The smallest absolute Gasteiger partial charge is 0.328 e. The van der Waals surface area contributed by atoms with Gasteiger partial charge in [-0.1, -0.05) is 13.8 Å². The Bertz CT molecular complexity index is 585. The molecule has 1 amide bonds. The van der Waals surface area contributed by atoms with E-state index < -0.39 is 33.3 Å². The normalized spacial score (nSPS) is 26.5. The molecule has 2 heterocycles. The third-order valence-electron chi connectivity index (χ3n) is 4.54. The number of ether oxygens (including phenoxy) is 1. The molecule has 2 fully saturated rings. The largest absolute Gasteiger partial charge is 0.467 e. The number of carbonyl (C=O) groups is 2. The summed E-state index contributed by atoms with van der Waals surface area (Å²) in [5.74, 6) is -1.16. The van der Waals surface area contributed by atoms with E-state index in [1.165, 1.54) is 16.3 Å². The molecule has 9 heteroatoms. The second-order valence-electron chi connectivity index (χ2n) is 6.61. The number of hydrogen-bond donors (Lipinski definition) is 0. The van der Waals surface area contributed by atoms with Crippen LogP contribution in [-0.2, 0) is 24.3 Å². The standard InChI is InChI=1S/C14H25N3O5S/c1-9(2)12(14(19)22-5)16(4)13(18)10-6-17(7-10)23(20,21)11-8-15(11)3/h9-12H,6-8H2,1-5H3/t11?,12?,15-/m1/s1. The summed E-state index contributed by atoms with van der Waals surface area (Å²) < 4.78 is 30.5. The third-order valence-corrected chi connectivity index (χ3v) is 6.76. The number of likely N-dealkylation sites (N-methyl/N-ethyl adjacent to an activating group) is 2. The Morgan fingerprint density at radius 1 is 1.22 bits per heavy atom. The van der Waals surface area contributed by atoms with E-state index in [0.717, 1.165) is 0 Å². The molecule has 8 nitrogen and oxygen atoms in total. The molecule has 0 radical (unpaired) electrons. The zero-order valence-electron chi connectivity index (χ0n) is 14.2. The second kappa shape index (κ2) is 6.37. The van der Waals surface area contributed by atoms with Gasteiger partial charge in [0.25, 0.3) is 0 Å². The lowest BCUT2D eigenvalue weighted by molar-refractivity contribution is -0.156. The minimum atomic E-state index is -3.33. The molecular weight excluding hydrogens is 322 g/mol. The van der Waals surface area contributed by atoms with Crippen LogP contribution in [0.2, 0.25) is 0 Å². The molecule has 23 heavy (non-hydrogen) atoms. The fraction of sp³-hybridized carbons (Fsp3) is 0.857. The van der Waals surface area contributed by atoms with Crippen LogP contribution >= 0.6 is 0 Å². The van der Waals surface area contributed by atoms with E-state index in [0.29, 0.717) is 6.54 Å². The number of sulfonamides is 1. The molecule has 2 aliphatic heterocycles. The zero-order chi connectivity index (χ0) is 17.5. The highest BCUT2D eigenvalue weighted by Crippen LogP contribution is 2.30. The van der Waals surface area contributed by atoms with E-state index in [1.807, 2.05) is 13.8 Å². The Hall–Kier alpha value is -1.19. The van der Waals surface area contributed by atoms with Crippen LogP contribution in [0.3, 0.4) is 0 Å². The first kappa shape index (κ1) is 18.2. The summed E-state index contributed by atoms with van der Waals surface area (Å²) in [6, 6.07) is -0.660. The van der Waals surface area contributed by atoms with Crippen molar-refractivity contribution in [1.82, 2.24) is 14.1 Å². The van der Waals surface area contributed by atoms with Gasteiger partial charge in [0.2, 0.25) is 15.9 Å². The summed E-state index contributed by atoms with van der Waals surface area (Å²) in [5.41, 5.74) is 0. The predicted molar refractivity (Wildman–Crippen MR) is 83.8 cm³/mol. The number of amides is 1. The number of methoxy groups -OCH3 is 1. The monoisotopic (exact) mass is 347 g/mol. The van der Waals surface area contributed by atoms with Gasteiger partial charge >= 0.3 is 5.97 Å². The van der Waals surface area contributed by atoms with Crippen LogP contribution < -0.4 is 0 Å². The molecular formula is C14H25N3O5S. The van der Waals surface area contributed by atoms with Crippen molar-refractivity contribution in [2.45, 2.75) is 25.3 Å². The van der Waals surface area contributed by atoms with Gasteiger partial charge in [0, 0.05) is 26.7 Å². The van der Waals surface area contributed by atoms with Gasteiger partial charge in [0.05, 0.1) is 13.0 Å². The van der Waals surface area contributed by atoms with E-state index in [9.17, 15) is 18.0 Å². The first-order chi connectivity index (χ1) is 10.6. The molecule has 3 atom stereocenters. The van der Waals surface area contributed by atoms with Crippen molar-refractivity contribution in [3.05, 3.63) is 0 Å². The van der Waals surface area contributed by atoms with Gasteiger partial charge in [-0.25, -0.2) is 13.2 Å². The van der Waals surface area contributed by atoms with Crippen molar-refractivity contribution in [2.75, 3.05) is 40.8 Å². The van der Waals surface area contributed by atoms with Gasteiger partial charge in [-0.3, -0.25) is 9.69 Å². The zero-order valence-corrected chi connectivity index (χ0v) is 15.0. The fourth-order valence-electron chi connectivity index (χ4n) is 2.92. The molecule has 0 aromatic heterocycles.